The predicted molar refractivity (Wildman–Crippen MR) is 116 cm³/mol. The number of amides is 1. The molecule has 0 unspecified atom stereocenters. The summed E-state index contributed by atoms with van der Waals surface area (Å²) < 4.78 is 0. The van der Waals surface area contributed by atoms with Crippen molar-refractivity contribution in [2.24, 2.45) is 0 Å². The van der Waals surface area contributed by atoms with Crippen LogP contribution in [0.5, 0.6) is 0 Å². The van der Waals surface area contributed by atoms with Crippen molar-refractivity contribution in [3.63, 3.8) is 0 Å². The van der Waals surface area contributed by atoms with Gasteiger partial charge in [-0.3, -0.25) is 4.79 Å². The van der Waals surface area contributed by atoms with Crippen molar-refractivity contribution >= 4 is 17.3 Å². The van der Waals surface area contributed by atoms with Gasteiger partial charge in [0, 0.05) is 32.6 Å². The Hall–Kier alpha value is -2.33. The molecule has 28 heavy (non-hydrogen) atoms. The molecule has 2 aromatic carbocycles. The molecule has 0 radical (unpaired) electrons. The quantitative estimate of drug-likeness (QED) is 0.777. The number of benzene rings is 2. The fourth-order valence-electron chi connectivity index (χ4n) is 4.39. The minimum absolute atomic E-state index is 0.248. The highest BCUT2D eigenvalue weighted by Crippen LogP contribution is 2.33. The number of carbonyl (C=O) groups is 1. The molecule has 1 fully saturated rings. The Morgan fingerprint density at radius 3 is 2.14 bits per heavy atom. The summed E-state index contributed by atoms with van der Waals surface area (Å²) in [4.78, 5) is 19.9. The van der Waals surface area contributed by atoms with Crippen molar-refractivity contribution in [3.05, 3.63) is 60.2 Å². The number of fused-ring (bicyclic) bond motifs is 1. The van der Waals surface area contributed by atoms with Crippen LogP contribution < -0.4 is 9.80 Å². The molecule has 0 saturated carbocycles. The number of carbonyl (C=O) groups excluding carboxylic acids is 1. The normalized spacial score (nSPS) is 18.5. The Morgan fingerprint density at radius 2 is 1.39 bits per heavy atom. The molecular weight excluding hydrogens is 346 g/mol. The van der Waals surface area contributed by atoms with Crippen LogP contribution in [0.3, 0.4) is 0 Å². The van der Waals surface area contributed by atoms with E-state index in [1.54, 1.807) is 0 Å². The summed E-state index contributed by atoms with van der Waals surface area (Å²) in [7, 11) is 0. The van der Waals surface area contributed by atoms with Crippen molar-refractivity contribution in [1.29, 1.82) is 0 Å². The van der Waals surface area contributed by atoms with E-state index in [0.29, 0.717) is 6.42 Å². The molecule has 2 aliphatic rings. The molecule has 0 bridgehead atoms. The topological polar surface area (TPSA) is 26.8 Å². The largest absolute Gasteiger partial charge is 0.365 e. The minimum Gasteiger partial charge on any atom is -0.365 e. The van der Waals surface area contributed by atoms with Gasteiger partial charge in [-0.2, -0.15) is 0 Å². The summed E-state index contributed by atoms with van der Waals surface area (Å²) in [5, 5.41) is 0. The van der Waals surface area contributed by atoms with Gasteiger partial charge in [-0.25, -0.2) is 0 Å². The first-order valence-corrected chi connectivity index (χ1v) is 10.7. The molecule has 4 rings (SSSR count). The molecule has 148 valence electrons. The molecule has 0 N–H and O–H groups in total. The molecule has 2 heterocycles. The van der Waals surface area contributed by atoms with Crippen molar-refractivity contribution in [3.8, 4) is 0 Å². The fraction of sp³-hybridized carbons (Fsp3) is 0.458. The van der Waals surface area contributed by atoms with E-state index < -0.39 is 0 Å². The van der Waals surface area contributed by atoms with Gasteiger partial charge in [0.25, 0.3) is 0 Å². The molecule has 2 aliphatic heterocycles. The Bertz CT molecular complexity index is 768. The highest BCUT2D eigenvalue weighted by atomic mass is 16.2. The monoisotopic (exact) mass is 377 g/mol. The maximum Gasteiger partial charge on any atom is 0.228 e. The zero-order valence-electron chi connectivity index (χ0n) is 16.7. The zero-order chi connectivity index (χ0) is 19.2. The van der Waals surface area contributed by atoms with E-state index in [-0.39, 0.29) is 5.91 Å². The number of hydrogen-bond donors (Lipinski definition) is 0. The van der Waals surface area contributed by atoms with Crippen LogP contribution in [-0.2, 0) is 11.3 Å². The number of para-hydroxylation sites is 2. The molecule has 4 nitrogen and oxygen atoms in total. The molecule has 0 spiro atoms. The van der Waals surface area contributed by atoms with Crippen LogP contribution in [0.2, 0.25) is 0 Å². The van der Waals surface area contributed by atoms with E-state index in [2.05, 4.69) is 58.3 Å². The molecule has 0 aromatic heterocycles. The number of hydrogen-bond acceptors (Lipinski definition) is 3. The maximum absolute atomic E-state index is 13.0. The average Bonchev–Trinajstić information content (AvgIpc) is 3.07. The van der Waals surface area contributed by atoms with Gasteiger partial charge in [0.15, 0.2) is 0 Å². The summed E-state index contributed by atoms with van der Waals surface area (Å²) in [5.74, 6) is 0.248. The smallest absolute Gasteiger partial charge is 0.228 e. The van der Waals surface area contributed by atoms with Crippen molar-refractivity contribution in [2.45, 2.75) is 38.6 Å². The van der Waals surface area contributed by atoms with E-state index in [1.165, 1.54) is 50.0 Å². The number of nitrogens with zero attached hydrogens (tertiary/aromatic N) is 3. The van der Waals surface area contributed by atoms with E-state index in [1.807, 2.05) is 11.0 Å². The Morgan fingerprint density at radius 1 is 0.714 bits per heavy atom. The van der Waals surface area contributed by atoms with Gasteiger partial charge in [0.1, 0.15) is 0 Å². The fourth-order valence-corrected chi connectivity index (χ4v) is 4.39. The summed E-state index contributed by atoms with van der Waals surface area (Å²) in [6, 6.07) is 18.9. The highest BCUT2D eigenvalue weighted by Gasteiger charge is 2.26. The summed E-state index contributed by atoms with van der Waals surface area (Å²) in [6.07, 6.45) is 5.83. The van der Waals surface area contributed by atoms with Gasteiger partial charge in [0.05, 0.1) is 11.4 Å². The van der Waals surface area contributed by atoms with Crippen LogP contribution in [0.15, 0.2) is 54.6 Å². The SMILES string of the molecule is O=C1CCN(Cc2ccccc2)c2ccccc2N1CCN1CCCCCC1. The molecule has 1 amide bonds. The lowest BCUT2D eigenvalue weighted by atomic mass is 10.1. The van der Waals surface area contributed by atoms with Crippen molar-refractivity contribution in [1.82, 2.24) is 4.90 Å². The van der Waals surface area contributed by atoms with Crippen LogP contribution in [-0.4, -0.2) is 43.5 Å². The predicted octanol–water partition coefficient (Wildman–Crippen LogP) is 4.31. The van der Waals surface area contributed by atoms with E-state index in [9.17, 15) is 4.79 Å². The third kappa shape index (κ3) is 4.56. The van der Waals surface area contributed by atoms with Gasteiger partial charge >= 0.3 is 0 Å². The number of rotatable bonds is 5. The second-order valence-corrected chi connectivity index (χ2v) is 7.95. The Kier molecular flexibility index (Phi) is 6.27. The van der Waals surface area contributed by atoms with Crippen LogP contribution in [0.4, 0.5) is 11.4 Å². The third-order valence-electron chi connectivity index (χ3n) is 5.96. The second kappa shape index (κ2) is 9.24. The molecule has 1 saturated heterocycles. The van der Waals surface area contributed by atoms with Crippen molar-refractivity contribution < 1.29 is 4.79 Å². The first-order chi connectivity index (χ1) is 13.8. The summed E-state index contributed by atoms with van der Waals surface area (Å²) in [6.45, 7) is 5.71. The Balaban J connectivity index is 1.52. The van der Waals surface area contributed by atoms with Gasteiger partial charge < -0.3 is 14.7 Å². The Labute approximate surface area is 168 Å². The van der Waals surface area contributed by atoms with E-state index in [4.69, 9.17) is 0 Å². The summed E-state index contributed by atoms with van der Waals surface area (Å²) >= 11 is 0. The van der Waals surface area contributed by atoms with Gasteiger partial charge in [0.2, 0.25) is 5.91 Å². The molecular formula is C24H31N3O. The van der Waals surface area contributed by atoms with Gasteiger partial charge in [-0.1, -0.05) is 55.3 Å². The summed E-state index contributed by atoms with van der Waals surface area (Å²) in [5.41, 5.74) is 3.52. The molecule has 4 heteroatoms. The lowest BCUT2D eigenvalue weighted by Gasteiger charge is -2.28. The number of anilines is 2. The van der Waals surface area contributed by atoms with Crippen LogP contribution in [0, 0.1) is 0 Å². The minimum atomic E-state index is 0.248. The van der Waals surface area contributed by atoms with Crippen molar-refractivity contribution in [2.75, 3.05) is 42.5 Å². The molecule has 0 atom stereocenters. The van der Waals surface area contributed by atoms with Crippen LogP contribution >= 0.6 is 0 Å². The van der Waals surface area contributed by atoms with E-state index >= 15 is 0 Å². The molecule has 2 aromatic rings. The van der Waals surface area contributed by atoms with Gasteiger partial charge in [-0.15, -0.1) is 0 Å². The standard InChI is InChI=1S/C24H31N3O/c28-24-14-17-26(20-21-10-4-3-5-11-21)22-12-6-7-13-23(22)27(24)19-18-25-15-8-1-2-9-16-25/h3-7,10-13H,1-2,8-9,14-20H2. The van der Waals surface area contributed by atoms with Crippen LogP contribution in [0.25, 0.3) is 0 Å². The lowest BCUT2D eigenvalue weighted by Crippen LogP contribution is -2.39. The number of likely N-dealkylation sites (tertiary alicyclic amines) is 1. The van der Waals surface area contributed by atoms with E-state index in [0.717, 1.165) is 31.9 Å². The average molecular weight is 378 g/mol. The molecule has 0 aliphatic carbocycles. The first kappa shape index (κ1) is 19.0. The van der Waals surface area contributed by atoms with Gasteiger partial charge in [-0.05, 0) is 43.6 Å². The highest BCUT2D eigenvalue weighted by molar-refractivity contribution is 5.98. The second-order valence-electron chi connectivity index (χ2n) is 7.95. The van der Waals surface area contributed by atoms with Crippen LogP contribution in [0.1, 0.15) is 37.7 Å². The zero-order valence-corrected chi connectivity index (χ0v) is 16.7. The third-order valence-corrected chi connectivity index (χ3v) is 5.96. The maximum atomic E-state index is 13.0. The first-order valence-electron chi connectivity index (χ1n) is 10.7. The lowest BCUT2D eigenvalue weighted by molar-refractivity contribution is -0.118.